The Morgan fingerprint density at radius 2 is 2.16 bits per heavy atom. The molecule has 5 heteroatoms. The molecule has 0 saturated heterocycles. The minimum absolute atomic E-state index is 0.0324. The summed E-state index contributed by atoms with van der Waals surface area (Å²) in [6.45, 7) is 5.09. The largest absolute Gasteiger partial charge is 0.385 e. The lowest BCUT2D eigenvalue weighted by molar-refractivity contribution is 0.0917. The van der Waals surface area contributed by atoms with Crippen molar-refractivity contribution in [2.24, 2.45) is 5.41 Å². The van der Waals surface area contributed by atoms with Crippen molar-refractivity contribution >= 4 is 17.5 Å². The Balaban J connectivity index is 2.63. The third-order valence-corrected chi connectivity index (χ3v) is 3.20. The molecule has 1 aromatic carbocycles. The second kappa shape index (κ2) is 6.87. The summed E-state index contributed by atoms with van der Waals surface area (Å²) in [7, 11) is 1.63. The van der Waals surface area contributed by atoms with E-state index < -0.39 is 11.7 Å². The van der Waals surface area contributed by atoms with Gasteiger partial charge < -0.3 is 10.1 Å². The Morgan fingerprint density at radius 1 is 1.47 bits per heavy atom. The number of hydrogen-bond donors (Lipinski definition) is 1. The molecule has 3 nitrogen and oxygen atoms in total. The van der Waals surface area contributed by atoms with E-state index in [1.165, 1.54) is 12.1 Å². The maximum atomic E-state index is 13.7. The highest BCUT2D eigenvalue weighted by molar-refractivity contribution is 6.31. The number of nitrogens with one attached hydrogen (secondary N) is 1. The van der Waals surface area contributed by atoms with Gasteiger partial charge in [-0.2, -0.15) is 0 Å². The molecule has 0 atom stereocenters. The minimum Gasteiger partial charge on any atom is -0.385 e. The predicted octanol–water partition coefficient (Wildman–Crippen LogP) is 3.27. The number of ether oxygens (including phenoxy) is 1. The lowest BCUT2D eigenvalue weighted by Crippen LogP contribution is -2.35. The zero-order valence-electron chi connectivity index (χ0n) is 11.4. The van der Waals surface area contributed by atoms with Crippen molar-refractivity contribution in [3.8, 4) is 0 Å². The van der Waals surface area contributed by atoms with Gasteiger partial charge in [0.15, 0.2) is 5.82 Å². The molecule has 0 spiro atoms. The van der Waals surface area contributed by atoms with Gasteiger partial charge in [-0.1, -0.05) is 31.5 Å². The summed E-state index contributed by atoms with van der Waals surface area (Å²) in [4.78, 5) is 11.9. The fourth-order valence-electron chi connectivity index (χ4n) is 1.56. The lowest BCUT2D eigenvalue weighted by Gasteiger charge is -2.24. The number of hydrogen-bond acceptors (Lipinski definition) is 2. The molecule has 1 aromatic rings. The number of benzene rings is 1. The Labute approximate surface area is 118 Å². The molecule has 19 heavy (non-hydrogen) atoms. The van der Waals surface area contributed by atoms with Gasteiger partial charge in [-0.05, 0) is 24.0 Å². The minimum atomic E-state index is -0.684. The van der Waals surface area contributed by atoms with Gasteiger partial charge in [0.2, 0.25) is 0 Å². The van der Waals surface area contributed by atoms with Crippen LogP contribution in [0.25, 0.3) is 0 Å². The van der Waals surface area contributed by atoms with Gasteiger partial charge in [0, 0.05) is 20.3 Å². The van der Waals surface area contributed by atoms with Crippen molar-refractivity contribution in [1.29, 1.82) is 0 Å². The number of amides is 1. The third-order valence-electron chi connectivity index (χ3n) is 2.91. The van der Waals surface area contributed by atoms with Crippen LogP contribution in [0.4, 0.5) is 4.39 Å². The Kier molecular flexibility index (Phi) is 5.76. The molecule has 0 fully saturated rings. The first kappa shape index (κ1) is 15.9. The normalized spacial score (nSPS) is 11.4. The maximum Gasteiger partial charge on any atom is 0.254 e. The highest BCUT2D eigenvalue weighted by Gasteiger charge is 2.20. The van der Waals surface area contributed by atoms with Gasteiger partial charge in [-0.25, -0.2) is 4.39 Å². The number of methoxy groups -OCH3 is 1. The van der Waals surface area contributed by atoms with Crippen molar-refractivity contribution in [1.82, 2.24) is 5.32 Å². The smallest absolute Gasteiger partial charge is 0.254 e. The maximum absolute atomic E-state index is 13.7. The number of carbonyl (C=O) groups excluding carboxylic acids is 1. The van der Waals surface area contributed by atoms with E-state index in [9.17, 15) is 9.18 Å². The van der Waals surface area contributed by atoms with Crippen LogP contribution >= 0.6 is 11.6 Å². The SMILES string of the molecule is COCCC(C)(C)CNC(=O)c1cccc(Cl)c1F. The van der Waals surface area contributed by atoms with E-state index in [1.54, 1.807) is 13.2 Å². The van der Waals surface area contributed by atoms with Crippen LogP contribution in [0, 0.1) is 11.2 Å². The average Bonchev–Trinajstić information content (AvgIpc) is 2.37. The zero-order chi connectivity index (χ0) is 14.5. The molecule has 0 radical (unpaired) electrons. The summed E-state index contributed by atoms with van der Waals surface area (Å²) in [5, 5.41) is 2.67. The number of rotatable bonds is 6. The Bertz CT molecular complexity index is 449. The van der Waals surface area contributed by atoms with E-state index in [1.807, 2.05) is 13.8 Å². The van der Waals surface area contributed by atoms with Crippen LogP contribution in [-0.2, 0) is 4.74 Å². The summed E-state index contributed by atoms with van der Waals surface area (Å²) in [6, 6.07) is 4.38. The average molecular weight is 288 g/mol. The number of carbonyl (C=O) groups is 1. The predicted molar refractivity (Wildman–Crippen MR) is 74.0 cm³/mol. The van der Waals surface area contributed by atoms with Gasteiger partial charge in [-0.15, -0.1) is 0 Å². The monoisotopic (exact) mass is 287 g/mol. The van der Waals surface area contributed by atoms with Gasteiger partial charge in [-0.3, -0.25) is 4.79 Å². The highest BCUT2D eigenvalue weighted by Crippen LogP contribution is 2.20. The van der Waals surface area contributed by atoms with Crippen LogP contribution in [0.1, 0.15) is 30.6 Å². The van der Waals surface area contributed by atoms with E-state index in [4.69, 9.17) is 16.3 Å². The molecule has 0 unspecified atom stereocenters. The molecule has 0 heterocycles. The molecule has 0 bridgehead atoms. The molecule has 0 aliphatic rings. The van der Waals surface area contributed by atoms with Crippen molar-refractivity contribution in [2.75, 3.05) is 20.3 Å². The molecule has 0 aliphatic carbocycles. The highest BCUT2D eigenvalue weighted by atomic mass is 35.5. The molecule has 1 rings (SSSR count). The fourth-order valence-corrected chi connectivity index (χ4v) is 1.74. The Morgan fingerprint density at radius 3 is 2.79 bits per heavy atom. The summed E-state index contributed by atoms with van der Waals surface area (Å²) in [6.07, 6.45) is 0.807. The van der Waals surface area contributed by atoms with Crippen LogP contribution in [0.15, 0.2) is 18.2 Å². The molecular formula is C14H19ClFNO2. The van der Waals surface area contributed by atoms with Gasteiger partial charge >= 0.3 is 0 Å². The number of halogens is 2. The quantitative estimate of drug-likeness (QED) is 0.872. The van der Waals surface area contributed by atoms with Crippen LogP contribution in [0.5, 0.6) is 0 Å². The third kappa shape index (κ3) is 4.80. The first-order valence-electron chi connectivity index (χ1n) is 6.08. The van der Waals surface area contributed by atoms with Crippen molar-refractivity contribution in [3.63, 3.8) is 0 Å². The molecule has 0 saturated carbocycles. The lowest BCUT2D eigenvalue weighted by atomic mass is 9.89. The first-order chi connectivity index (χ1) is 8.87. The Hall–Kier alpha value is -1.13. The second-order valence-electron chi connectivity index (χ2n) is 5.19. The van der Waals surface area contributed by atoms with Crippen molar-refractivity contribution in [3.05, 3.63) is 34.6 Å². The summed E-state index contributed by atoms with van der Waals surface area (Å²) in [5.74, 6) is -1.14. The standard InChI is InChI=1S/C14H19ClFNO2/c1-14(2,7-8-19-3)9-17-13(18)10-5-4-6-11(15)12(10)16/h4-6H,7-9H2,1-3H3,(H,17,18). The van der Waals surface area contributed by atoms with Gasteiger partial charge in [0.25, 0.3) is 5.91 Å². The van der Waals surface area contributed by atoms with E-state index in [0.717, 1.165) is 6.42 Å². The molecule has 0 aliphatic heterocycles. The van der Waals surface area contributed by atoms with Crippen LogP contribution in [0.3, 0.4) is 0 Å². The van der Waals surface area contributed by atoms with E-state index in [-0.39, 0.29) is 16.0 Å². The first-order valence-corrected chi connectivity index (χ1v) is 6.46. The fraction of sp³-hybridized carbons (Fsp3) is 0.500. The molecule has 0 aromatic heterocycles. The summed E-state index contributed by atoms with van der Waals surface area (Å²) >= 11 is 5.64. The van der Waals surface area contributed by atoms with E-state index >= 15 is 0 Å². The van der Waals surface area contributed by atoms with Crippen molar-refractivity contribution in [2.45, 2.75) is 20.3 Å². The summed E-state index contributed by atoms with van der Waals surface area (Å²) < 4.78 is 18.7. The second-order valence-corrected chi connectivity index (χ2v) is 5.60. The van der Waals surface area contributed by atoms with E-state index in [2.05, 4.69) is 5.32 Å². The summed E-state index contributed by atoms with van der Waals surface area (Å²) in [5.41, 5.74) is -0.143. The van der Waals surface area contributed by atoms with Crippen LogP contribution in [0.2, 0.25) is 5.02 Å². The molecule has 1 amide bonds. The topological polar surface area (TPSA) is 38.3 Å². The zero-order valence-corrected chi connectivity index (χ0v) is 12.2. The van der Waals surface area contributed by atoms with Gasteiger partial charge in [0.05, 0.1) is 10.6 Å². The molecule has 1 N–H and O–H groups in total. The van der Waals surface area contributed by atoms with Gasteiger partial charge in [0.1, 0.15) is 0 Å². The van der Waals surface area contributed by atoms with Crippen LogP contribution in [-0.4, -0.2) is 26.2 Å². The molecule has 106 valence electrons. The van der Waals surface area contributed by atoms with Crippen molar-refractivity contribution < 1.29 is 13.9 Å². The molecular weight excluding hydrogens is 269 g/mol. The van der Waals surface area contributed by atoms with E-state index in [0.29, 0.717) is 13.2 Å². The van der Waals surface area contributed by atoms with Crippen LogP contribution < -0.4 is 5.32 Å².